The normalized spacial score (nSPS) is 12.0. The second-order valence-corrected chi connectivity index (χ2v) is 12.8. The molecule has 0 N–H and O–H groups in total. The van der Waals surface area contributed by atoms with E-state index in [0.717, 1.165) is 11.4 Å². The number of rotatable bonds is 3. The molecule has 0 aliphatic carbocycles. The van der Waals surface area contributed by atoms with Crippen LogP contribution in [0.15, 0.2) is 158 Å². The van der Waals surface area contributed by atoms with Crippen LogP contribution in [0, 0.1) is 0 Å². The van der Waals surface area contributed by atoms with Gasteiger partial charge >= 0.3 is 0 Å². The van der Waals surface area contributed by atoms with E-state index in [2.05, 4.69) is 167 Å². The molecule has 0 saturated carbocycles. The van der Waals surface area contributed by atoms with Crippen molar-refractivity contribution in [1.82, 2.24) is 9.13 Å². The number of para-hydroxylation sites is 3. The molecule has 0 aliphatic heterocycles. The summed E-state index contributed by atoms with van der Waals surface area (Å²) in [5.41, 5.74) is 9.71. The van der Waals surface area contributed by atoms with Gasteiger partial charge < -0.3 is 9.13 Å². The molecule has 0 spiro atoms. The Morgan fingerprint density at radius 1 is 0.356 bits per heavy atom. The monoisotopic (exact) mass is 590 g/mol. The van der Waals surface area contributed by atoms with Crippen LogP contribution in [0.2, 0.25) is 0 Å². The van der Waals surface area contributed by atoms with Crippen molar-refractivity contribution in [2.75, 3.05) is 0 Å². The van der Waals surface area contributed by atoms with Crippen LogP contribution >= 0.6 is 11.3 Å². The predicted octanol–water partition coefficient (Wildman–Crippen LogP) is 11.9. The van der Waals surface area contributed by atoms with E-state index in [9.17, 15) is 0 Å². The largest absolute Gasteiger partial charge is 0.309 e. The van der Waals surface area contributed by atoms with E-state index in [4.69, 9.17) is 0 Å². The SMILES string of the molecule is c1ccc2c(c1)sc1c(-c3ccc(-n4c5ccccc5c5ccc(-n6c7ccccc7c7ccccc76)cc54)cc3)cccc12. The lowest BCUT2D eigenvalue weighted by Crippen LogP contribution is -1.97. The summed E-state index contributed by atoms with van der Waals surface area (Å²) >= 11 is 1.88. The molecule has 3 aromatic heterocycles. The lowest BCUT2D eigenvalue weighted by Gasteiger charge is -2.12. The van der Waals surface area contributed by atoms with Crippen LogP contribution in [0.4, 0.5) is 0 Å². The Hall–Kier alpha value is -5.64. The average Bonchev–Trinajstić information content (AvgIpc) is 3.76. The Kier molecular flexibility index (Phi) is 5.19. The Labute approximate surface area is 263 Å². The number of benzene rings is 7. The minimum absolute atomic E-state index is 1.16. The second-order valence-electron chi connectivity index (χ2n) is 11.8. The maximum atomic E-state index is 2.42. The molecule has 0 saturated heterocycles. The minimum atomic E-state index is 1.16. The average molecular weight is 591 g/mol. The number of aromatic nitrogens is 2. The maximum Gasteiger partial charge on any atom is 0.0561 e. The highest BCUT2D eigenvalue weighted by molar-refractivity contribution is 7.26. The van der Waals surface area contributed by atoms with Crippen LogP contribution in [0.1, 0.15) is 0 Å². The van der Waals surface area contributed by atoms with Gasteiger partial charge in [0.2, 0.25) is 0 Å². The van der Waals surface area contributed by atoms with E-state index in [-0.39, 0.29) is 0 Å². The predicted molar refractivity (Wildman–Crippen MR) is 193 cm³/mol. The van der Waals surface area contributed by atoms with Gasteiger partial charge in [-0.1, -0.05) is 109 Å². The number of fused-ring (bicyclic) bond motifs is 9. The standard InChI is InChI=1S/C42H26N2S/c1-6-17-38-31(10-1)32-11-2-7-18-39(32)44(38)29-24-25-34-33-12-3-5-16-37(33)43(40(34)26-29)28-22-20-27(21-23-28)30-14-9-15-36-35-13-4-8-19-41(35)45-42(30)36/h1-26H. The Bertz CT molecular complexity index is 2700. The highest BCUT2D eigenvalue weighted by Gasteiger charge is 2.17. The fraction of sp³-hybridized carbons (Fsp3) is 0. The van der Waals surface area contributed by atoms with Crippen LogP contribution in [0.3, 0.4) is 0 Å². The van der Waals surface area contributed by atoms with E-state index < -0.39 is 0 Å². The lowest BCUT2D eigenvalue weighted by molar-refractivity contribution is 1.15. The zero-order valence-electron chi connectivity index (χ0n) is 24.3. The molecule has 0 amide bonds. The first kappa shape index (κ1) is 24.8. The summed E-state index contributed by atoms with van der Waals surface area (Å²) < 4.78 is 7.51. The molecule has 3 heterocycles. The molecule has 0 atom stereocenters. The van der Waals surface area contributed by atoms with E-state index in [1.165, 1.54) is 74.9 Å². The number of hydrogen-bond donors (Lipinski definition) is 0. The molecule has 3 heteroatoms. The van der Waals surface area contributed by atoms with Crippen molar-refractivity contribution < 1.29 is 0 Å². The van der Waals surface area contributed by atoms with Crippen LogP contribution < -0.4 is 0 Å². The van der Waals surface area contributed by atoms with Crippen LogP contribution in [-0.4, -0.2) is 9.13 Å². The van der Waals surface area contributed by atoms with Gasteiger partial charge in [-0.2, -0.15) is 0 Å². The molecular formula is C42H26N2S. The van der Waals surface area contributed by atoms with Crippen molar-refractivity contribution in [2.24, 2.45) is 0 Å². The van der Waals surface area contributed by atoms with Gasteiger partial charge in [0.1, 0.15) is 0 Å². The van der Waals surface area contributed by atoms with E-state index in [1.54, 1.807) is 0 Å². The van der Waals surface area contributed by atoms with Crippen molar-refractivity contribution in [3.8, 4) is 22.5 Å². The van der Waals surface area contributed by atoms with E-state index >= 15 is 0 Å². The van der Waals surface area contributed by atoms with Crippen molar-refractivity contribution >= 4 is 75.1 Å². The Morgan fingerprint density at radius 2 is 0.867 bits per heavy atom. The Balaban J connectivity index is 1.18. The molecule has 0 fully saturated rings. The number of nitrogens with zero attached hydrogens (tertiary/aromatic N) is 2. The summed E-state index contributed by atoms with van der Waals surface area (Å²) in [4.78, 5) is 0. The first-order chi connectivity index (χ1) is 22.3. The van der Waals surface area contributed by atoms with Crippen molar-refractivity contribution in [3.05, 3.63) is 158 Å². The third-order valence-electron chi connectivity index (χ3n) is 9.34. The van der Waals surface area contributed by atoms with Crippen LogP contribution in [0.5, 0.6) is 0 Å². The highest BCUT2D eigenvalue weighted by atomic mass is 32.1. The van der Waals surface area contributed by atoms with E-state index in [1.807, 2.05) is 11.3 Å². The van der Waals surface area contributed by atoms with Gasteiger partial charge in [0.15, 0.2) is 0 Å². The summed E-state index contributed by atoms with van der Waals surface area (Å²) in [6.07, 6.45) is 0. The summed E-state index contributed by atoms with van der Waals surface area (Å²) in [6, 6.07) is 57.7. The topological polar surface area (TPSA) is 9.86 Å². The lowest BCUT2D eigenvalue weighted by atomic mass is 10.0. The molecule has 0 unspecified atom stereocenters. The van der Waals surface area contributed by atoms with Gasteiger partial charge in [-0.25, -0.2) is 0 Å². The fourth-order valence-corrected chi connectivity index (χ4v) is 8.58. The molecule has 210 valence electrons. The number of thiophene rings is 1. The fourth-order valence-electron chi connectivity index (χ4n) is 7.34. The smallest absolute Gasteiger partial charge is 0.0561 e. The first-order valence-corrected chi connectivity index (χ1v) is 16.2. The quantitative estimate of drug-likeness (QED) is 0.194. The van der Waals surface area contributed by atoms with Gasteiger partial charge in [-0.15, -0.1) is 11.3 Å². The molecule has 0 bridgehead atoms. The molecule has 45 heavy (non-hydrogen) atoms. The molecule has 0 aliphatic rings. The molecular weight excluding hydrogens is 565 g/mol. The summed E-state index contributed by atoms with van der Waals surface area (Å²) in [7, 11) is 0. The highest BCUT2D eigenvalue weighted by Crippen LogP contribution is 2.41. The molecule has 2 nitrogen and oxygen atoms in total. The zero-order chi connectivity index (χ0) is 29.5. The minimum Gasteiger partial charge on any atom is -0.309 e. The third-order valence-corrected chi connectivity index (χ3v) is 10.6. The van der Waals surface area contributed by atoms with Crippen LogP contribution in [-0.2, 0) is 0 Å². The van der Waals surface area contributed by atoms with Gasteiger partial charge in [0, 0.05) is 53.1 Å². The van der Waals surface area contributed by atoms with Crippen LogP contribution in [0.25, 0.3) is 86.3 Å². The molecule has 10 rings (SSSR count). The van der Waals surface area contributed by atoms with Gasteiger partial charge in [-0.05, 0) is 59.7 Å². The van der Waals surface area contributed by atoms with Crippen molar-refractivity contribution in [1.29, 1.82) is 0 Å². The Morgan fingerprint density at radius 3 is 1.53 bits per heavy atom. The summed E-state index contributed by atoms with van der Waals surface area (Å²) in [6.45, 7) is 0. The zero-order valence-corrected chi connectivity index (χ0v) is 25.1. The summed E-state index contributed by atoms with van der Waals surface area (Å²) in [5.74, 6) is 0. The second kappa shape index (κ2) is 9.43. The third kappa shape index (κ3) is 3.56. The van der Waals surface area contributed by atoms with Gasteiger partial charge in [0.25, 0.3) is 0 Å². The van der Waals surface area contributed by atoms with Gasteiger partial charge in [0.05, 0.1) is 22.1 Å². The van der Waals surface area contributed by atoms with E-state index in [0.29, 0.717) is 0 Å². The molecule has 0 radical (unpaired) electrons. The molecule has 7 aromatic carbocycles. The van der Waals surface area contributed by atoms with Crippen molar-refractivity contribution in [3.63, 3.8) is 0 Å². The molecule has 10 aromatic rings. The maximum absolute atomic E-state index is 2.42. The first-order valence-electron chi connectivity index (χ1n) is 15.4. The van der Waals surface area contributed by atoms with Gasteiger partial charge in [-0.3, -0.25) is 0 Å². The summed E-state index contributed by atoms with van der Waals surface area (Å²) in [5, 5.41) is 7.74. The number of hydrogen-bond acceptors (Lipinski definition) is 1. The van der Waals surface area contributed by atoms with Crippen molar-refractivity contribution in [2.45, 2.75) is 0 Å².